The third-order valence-corrected chi connectivity index (χ3v) is 3.23. The molecule has 0 spiro atoms. The monoisotopic (exact) mass is 345 g/mol. The van der Waals surface area contributed by atoms with Gasteiger partial charge >= 0.3 is 5.97 Å². The second-order valence-corrected chi connectivity index (χ2v) is 5.21. The third-order valence-electron chi connectivity index (χ3n) is 2.98. The van der Waals surface area contributed by atoms with Crippen LogP contribution in [-0.4, -0.2) is 25.6 Å². The fraction of sp³-hybridized carbons (Fsp3) is 0.111. The topological polar surface area (TPSA) is 64.6 Å². The van der Waals surface area contributed by atoms with Crippen LogP contribution in [0.3, 0.4) is 0 Å². The van der Waals surface area contributed by atoms with E-state index in [-0.39, 0.29) is 6.61 Å². The number of halogens is 1. The lowest BCUT2D eigenvalue weighted by Gasteiger charge is -2.05. The minimum atomic E-state index is -0.607. The summed E-state index contributed by atoms with van der Waals surface area (Å²) in [5, 5.41) is 3.17. The molecule has 0 bridgehead atoms. The predicted octanol–water partition coefficient (Wildman–Crippen LogP) is 3.54. The average Bonchev–Trinajstić information content (AvgIpc) is 2.60. The molecule has 0 saturated carbocycles. The van der Waals surface area contributed by atoms with Crippen molar-refractivity contribution in [2.75, 3.05) is 19.0 Å². The number of methoxy groups -OCH3 is 1. The van der Waals surface area contributed by atoms with E-state index in [2.05, 4.69) is 5.32 Å². The Morgan fingerprint density at radius 3 is 2.62 bits per heavy atom. The zero-order chi connectivity index (χ0) is 17.4. The number of anilines is 1. The normalized spacial score (nSPS) is 10.4. The summed E-state index contributed by atoms with van der Waals surface area (Å²) in [5.74, 6) is -0.350. The largest absolute Gasteiger partial charge is 0.497 e. The van der Waals surface area contributed by atoms with Crippen LogP contribution in [0.2, 0.25) is 5.02 Å². The molecule has 2 aromatic rings. The van der Waals surface area contributed by atoms with Crippen molar-refractivity contribution >= 4 is 35.2 Å². The van der Waals surface area contributed by atoms with Crippen LogP contribution in [0.4, 0.5) is 5.69 Å². The standard InChI is InChI=1S/C18H16ClNO4/c1-23-16-4-2-3-13(11-16)5-10-18(22)24-12-17(21)20-15-8-6-14(19)7-9-15/h2-11H,12H2,1H3,(H,20,21). The number of hydrogen-bond acceptors (Lipinski definition) is 4. The van der Waals surface area contributed by atoms with Gasteiger partial charge in [0.2, 0.25) is 0 Å². The van der Waals surface area contributed by atoms with Gasteiger partial charge in [-0.1, -0.05) is 23.7 Å². The van der Waals surface area contributed by atoms with E-state index in [1.54, 1.807) is 49.6 Å². The lowest BCUT2D eigenvalue weighted by atomic mass is 10.2. The summed E-state index contributed by atoms with van der Waals surface area (Å²) in [6.45, 7) is -0.371. The third kappa shape index (κ3) is 5.78. The van der Waals surface area contributed by atoms with Gasteiger partial charge in [0.15, 0.2) is 6.61 Å². The summed E-state index contributed by atoms with van der Waals surface area (Å²) in [5.41, 5.74) is 1.37. The Morgan fingerprint density at radius 1 is 1.17 bits per heavy atom. The van der Waals surface area contributed by atoms with E-state index in [1.807, 2.05) is 12.1 Å². The van der Waals surface area contributed by atoms with Crippen LogP contribution in [0.15, 0.2) is 54.6 Å². The Kier molecular flexibility index (Phi) is 6.40. The van der Waals surface area contributed by atoms with Crippen LogP contribution < -0.4 is 10.1 Å². The van der Waals surface area contributed by atoms with Gasteiger partial charge in [0.1, 0.15) is 5.75 Å². The molecule has 6 heteroatoms. The molecular weight excluding hydrogens is 330 g/mol. The predicted molar refractivity (Wildman–Crippen MR) is 93.1 cm³/mol. The number of amides is 1. The number of carbonyl (C=O) groups is 2. The van der Waals surface area contributed by atoms with Crippen molar-refractivity contribution in [1.29, 1.82) is 0 Å². The lowest BCUT2D eigenvalue weighted by Crippen LogP contribution is -2.20. The van der Waals surface area contributed by atoms with E-state index < -0.39 is 11.9 Å². The minimum Gasteiger partial charge on any atom is -0.497 e. The zero-order valence-corrected chi connectivity index (χ0v) is 13.7. The van der Waals surface area contributed by atoms with Crippen LogP contribution in [0, 0.1) is 0 Å². The molecule has 2 rings (SSSR count). The van der Waals surface area contributed by atoms with Crippen molar-refractivity contribution in [2.24, 2.45) is 0 Å². The molecule has 0 saturated heterocycles. The Morgan fingerprint density at radius 2 is 1.92 bits per heavy atom. The van der Waals surface area contributed by atoms with Gasteiger partial charge in [-0.25, -0.2) is 4.79 Å². The molecule has 0 aliphatic rings. The van der Waals surface area contributed by atoms with Gasteiger partial charge in [-0.2, -0.15) is 0 Å². The van der Waals surface area contributed by atoms with Gasteiger partial charge in [0, 0.05) is 16.8 Å². The fourth-order valence-corrected chi connectivity index (χ4v) is 1.95. The molecule has 0 heterocycles. The number of benzene rings is 2. The molecule has 2 aromatic carbocycles. The maximum Gasteiger partial charge on any atom is 0.331 e. The van der Waals surface area contributed by atoms with Crippen molar-refractivity contribution in [1.82, 2.24) is 0 Å². The molecule has 0 radical (unpaired) electrons. The van der Waals surface area contributed by atoms with Gasteiger partial charge in [-0.05, 0) is 48.0 Å². The molecule has 0 unspecified atom stereocenters. The van der Waals surface area contributed by atoms with Gasteiger partial charge in [0.25, 0.3) is 5.91 Å². The molecule has 0 fully saturated rings. The molecule has 0 atom stereocenters. The van der Waals surface area contributed by atoms with E-state index in [0.717, 1.165) is 5.56 Å². The number of esters is 1. The molecule has 124 valence electrons. The first-order valence-electron chi connectivity index (χ1n) is 7.11. The Hall–Kier alpha value is -2.79. The first-order valence-corrected chi connectivity index (χ1v) is 7.49. The highest BCUT2D eigenvalue weighted by Crippen LogP contribution is 2.14. The number of nitrogens with one attached hydrogen (secondary N) is 1. The quantitative estimate of drug-likeness (QED) is 0.642. The van der Waals surface area contributed by atoms with E-state index in [9.17, 15) is 9.59 Å². The minimum absolute atomic E-state index is 0.371. The second kappa shape index (κ2) is 8.74. The highest BCUT2D eigenvalue weighted by atomic mass is 35.5. The van der Waals surface area contributed by atoms with Crippen LogP contribution >= 0.6 is 11.6 Å². The molecule has 0 aromatic heterocycles. The first-order chi connectivity index (χ1) is 11.6. The molecule has 1 N–H and O–H groups in total. The average molecular weight is 346 g/mol. The summed E-state index contributed by atoms with van der Waals surface area (Å²) < 4.78 is 9.98. The summed E-state index contributed by atoms with van der Waals surface area (Å²) in [6, 6.07) is 13.8. The maximum absolute atomic E-state index is 11.7. The number of hydrogen-bond donors (Lipinski definition) is 1. The molecule has 0 aliphatic heterocycles. The van der Waals surface area contributed by atoms with E-state index in [0.29, 0.717) is 16.5 Å². The molecule has 0 aliphatic carbocycles. The summed E-state index contributed by atoms with van der Waals surface area (Å²) in [4.78, 5) is 23.3. The number of carbonyl (C=O) groups excluding carboxylic acids is 2. The summed E-state index contributed by atoms with van der Waals surface area (Å²) in [7, 11) is 1.57. The molecular formula is C18H16ClNO4. The van der Waals surface area contributed by atoms with Crippen LogP contribution in [-0.2, 0) is 14.3 Å². The summed E-state index contributed by atoms with van der Waals surface area (Å²) in [6.07, 6.45) is 2.84. The van der Waals surface area contributed by atoms with Gasteiger partial charge < -0.3 is 14.8 Å². The van der Waals surface area contributed by atoms with Gasteiger partial charge in [-0.3, -0.25) is 4.79 Å². The maximum atomic E-state index is 11.7. The van der Waals surface area contributed by atoms with Crippen molar-refractivity contribution < 1.29 is 19.1 Å². The molecule has 24 heavy (non-hydrogen) atoms. The van der Waals surface area contributed by atoms with Crippen molar-refractivity contribution in [2.45, 2.75) is 0 Å². The van der Waals surface area contributed by atoms with Gasteiger partial charge in [-0.15, -0.1) is 0 Å². The molecule has 5 nitrogen and oxygen atoms in total. The fourth-order valence-electron chi connectivity index (χ4n) is 1.82. The van der Waals surface area contributed by atoms with E-state index >= 15 is 0 Å². The SMILES string of the molecule is COc1cccc(C=CC(=O)OCC(=O)Nc2ccc(Cl)cc2)c1. The van der Waals surface area contributed by atoms with Crippen molar-refractivity contribution in [3.05, 3.63) is 65.2 Å². The van der Waals surface area contributed by atoms with Crippen LogP contribution in [0.1, 0.15) is 5.56 Å². The number of rotatable bonds is 6. The first kappa shape index (κ1) is 17.6. The van der Waals surface area contributed by atoms with Crippen molar-refractivity contribution in [3.8, 4) is 5.75 Å². The van der Waals surface area contributed by atoms with Crippen LogP contribution in [0.5, 0.6) is 5.75 Å². The van der Waals surface area contributed by atoms with Crippen LogP contribution in [0.25, 0.3) is 6.08 Å². The second-order valence-electron chi connectivity index (χ2n) is 4.77. The zero-order valence-electron chi connectivity index (χ0n) is 13.0. The lowest BCUT2D eigenvalue weighted by molar-refractivity contribution is -0.142. The van der Waals surface area contributed by atoms with E-state index in [1.165, 1.54) is 6.08 Å². The van der Waals surface area contributed by atoms with Gasteiger partial charge in [0.05, 0.1) is 7.11 Å². The highest BCUT2D eigenvalue weighted by molar-refractivity contribution is 6.30. The van der Waals surface area contributed by atoms with Crippen molar-refractivity contribution in [3.63, 3.8) is 0 Å². The Labute approximate surface area is 144 Å². The van der Waals surface area contributed by atoms with E-state index in [4.69, 9.17) is 21.1 Å². The number of ether oxygens (including phenoxy) is 2. The highest BCUT2D eigenvalue weighted by Gasteiger charge is 2.05. The Bertz CT molecular complexity index is 741. The summed E-state index contributed by atoms with van der Waals surface area (Å²) >= 11 is 5.76. The smallest absolute Gasteiger partial charge is 0.331 e. The molecule has 1 amide bonds. The Balaban J connectivity index is 1.80.